The lowest BCUT2D eigenvalue weighted by molar-refractivity contribution is -0.166. The summed E-state index contributed by atoms with van der Waals surface area (Å²) in [4.78, 5) is 49.8. The van der Waals surface area contributed by atoms with Crippen molar-refractivity contribution in [2.45, 2.75) is 25.4 Å². The number of benzene rings is 1. The van der Waals surface area contributed by atoms with Crippen molar-refractivity contribution in [3.8, 4) is 5.75 Å². The monoisotopic (exact) mass is 466 g/mol. The van der Waals surface area contributed by atoms with Crippen LogP contribution < -0.4 is 14.7 Å². The van der Waals surface area contributed by atoms with Crippen molar-refractivity contribution in [1.82, 2.24) is 9.88 Å². The van der Waals surface area contributed by atoms with E-state index in [-0.39, 0.29) is 6.42 Å². The molecule has 3 aliphatic rings. The largest absolute Gasteiger partial charge is 0.494 e. The first-order valence-corrected chi connectivity index (χ1v) is 11.5. The highest BCUT2D eigenvalue weighted by atomic mass is 16.7. The molecule has 2 aromatic rings. The second-order valence-electron chi connectivity index (χ2n) is 8.47. The smallest absolute Gasteiger partial charge is 0.442 e. The van der Waals surface area contributed by atoms with Crippen molar-refractivity contribution in [1.29, 1.82) is 0 Å². The first kappa shape index (κ1) is 22.1. The number of ether oxygens (including phenoxy) is 2. The molecule has 178 valence electrons. The van der Waals surface area contributed by atoms with Gasteiger partial charge >= 0.3 is 17.8 Å². The maximum Gasteiger partial charge on any atom is 0.442 e. The minimum Gasteiger partial charge on any atom is -0.494 e. The van der Waals surface area contributed by atoms with E-state index < -0.39 is 23.9 Å². The summed E-state index contributed by atoms with van der Waals surface area (Å²) in [5.41, 5.74) is 1.13. The maximum atomic E-state index is 12.4. The van der Waals surface area contributed by atoms with E-state index in [1.807, 2.05) is 18.3 Å². The van der Waals surface area contributed by atoms with Crippen molar-refractivity contribution in [2.75, 3.05) is 49.3 Å². The summed E-state index contributed by atoms with van der Waals surface area (Å²) < 4.78 is 10.9. The van der Waals surface area contributed by atoms with Crippen LogP contribution in [0.1, 0.15) is 18.4 Å². The summed E-state index contributed by atoms with van der Waals surface area (Å²) in [6, 6.07) is 11.2. The zero-order chi connectivity index (χ0) is 23.5. The standard InChI is InChI=1S/C24H26N4O6/c29-22-20-16-17-15-18(6-7-19(17)28(22)34-24(31)23(30)33-20)32-14-4-10-26-9-3-11-27(13-12-26)21-5-1-2-8-25-21/h1-2,5-8,15,20H,3-4,9-14,16H2. The number of aromatic nitrogens is 1. The van der Waals surface area contributed by atoms with Gasteiger partial charge < -0.3 is 24.1 Å². The predicted molar refractivity (Wildman–Crippen MR) is 121 cm³/mol. The van der Waals surface area contributed by atoms with Crippen LogP contribution in [0, 0.1) is 0 Å². The molecule has 1 atom stereocenters. The minimum atomic E-state index is -1.21. The summed E-state index contributed by atoms with van der Waals surface area (Å²) in [5.74, 6) is -1.26. The average Bonchev–Trinajstić information content (AvgIpc) is 3.13. The van der Waals surface area contributed by atoms with Gasteiger partial charge in [0.05, 0.1) is 12.3 Å². The lowest BCUT2D eigenvalue weighted by Gasteiger charge is -2.28. The van der Waals surface area contributed by atoms with E-state index in [9.17, 15) is 14.4 Å². The Morgan fingerprint density at radius 1 is 1.03 bits per heavy atom. The zero-order valence-electron chi connectivity index (χ0n) is 18.7. The third-order valence-electron chi connectivity index (χ3n) is 6.19. The highest BCUT2D eigenvalue weighted by molar-refractivity contribution is 6.31. The van der Waals surface area contributed by atoms with Crippen molar-refractivity contribution in [3.63, 3.8) is 0 Å². The number of hydroxylamine groups is 1. The number of hydrogen-bond acceptors (Lipinski definition) is 9. The molecule has 2 fully saturated rings. The highest BCUT2D eigenvalue weighted by Crippen LogP contribution is 2.34. The first-order chi connectivity index (χ1) is 16.6. The fourth-order valence-electron chi connectivity index (χ4n) is 4.48. The SMILES string of the molecule is O=C1OC2Cc3cc(OCCCN4CCCN(c5ccccn5)CC4)ccc3N(OC1=O)C2=O. The molecule has 5 rings (SSSR count). The Morgan fingerprint density at radius 2 is 1.94 bits per heavy atom. The Kier molecular flexibility index (Phi) is 6.31. The molecule has 2 saturated heterocycles. The number of amides is 1. The number of carbonyl (C=O) groups excluding carboxylic acids is 3. The molecule has 4 heterocycles. The van der Waals surface area contributed by atoms with E-state index in [2.05, 4.69) is 20.9 Å². The highest BCUT2D eigenvalue weighted by Gasteiger charge is 2.43. The van der Waals surface area contributed by atoms with Gasteiger partial charge in [-0.25, -0.2) is 14.6 Å². The number of carbonyl (C=O) groups is 3. The number of pyridine rings is 1. The van der Waals surface area contributed by atoms with Crippen LogP contribution in [0.3, 0.4) is 0 Å². The molecular formula is C24H26N4O6. The quantitative estimate of drug-likeness (QED) is 0.355. The Balaban J connectivity index is 1.12. The number of esters is 1. The molecule has 10 nitrogen and oxygen atoms in total. The third-order valence-corrected chi connectivity index (χ3v) is 6.19. The molecule has 1 amide bonds. The lowest BCUT2D eigenvalue weighted by atomic mass is 10.00. The van der Waals surface area contributed by atoms with Crippen LogP contribution in [0.5, 0.6) is 5.75 Å². The number of rotatable bonds is 6. The summed E-state index contributed by atoms with van der Waals surface area (Å²) in [6.45, 7) is 5.48. The van der Waals surface area contributed by atoms with Crippen LogP contribution in [0.25, 0.3) is 0 Å². The number of anilines is 2. The zero-order valence-corrected chi connectivity index (χ0v) is 18.7. The molecule has 0 saturated carbocycles. The second-order valence-corrected chi connectivity index (χ2v) is 8.47. The Morgan fingerprint density at radius 3 is 2.79 bits per heavy atom. The van der Waals surface area contributed by atoms with Gasteiger partial charge in [0, 0.05) is 38.8 Å². The maximum absolute atomic E-state index is 12.4. The number of nitrogens with zero attached hydrogens (tertiary/aromatic N) is 4. The molecule has 34 heavy (non-hydrogen) atoms. The number of hydrogen-bond donors (Lipinski definition) is 0. The van der Waals surface area contributed by atoms with Gasteiger partial charge in [-0.05, 0) is 55.3 Å². The summed E-state index contributed by atoms with van der Waals surface area (Å²) in [6.07, 6.45) is 2.90. The molecule has 1 aromatic heterocycles. The van der Waals surface area contributed by atoms with Crippen LogP contribution in [0.2, 0.25) is 0 Å². The molecule has 0 aliphatic carbocycles. The fraction of sp³-hybridized carbons (Fsp3) is 0.417. The van der Waals surface area contributed by atoms with Gasteiger partial charge in [-0.15, -0.1) is 5.06 Å². The normalized spacial score (nSPS) is 20.7. The molecule has 0 spiro atoms. The summed E-state index contributed by atoms with van der Waals surface area (Å²) >= 11 is 0. The van der Waals surface area contributed by atoms with Gasteiger partial charge in [0.15, 0.2) is 6.10 Å². The van der Waals surface area contributed by atoms with Crippen molar-refractivity contribution in [3.05, 3.63) is 48.2 Å². The van der Waals surface area contributed by atoms with Gasteiger partial charge in [-0.3, -0.25) is 4.79 Å². The van der Waals surface area contributed by atoms with E-state index in [0.29, 0.717) is 23.6 Å². The van der Waals surface area contributed by atoms with Crippen LogP contribution in [0.15, 0.2) is 42.6 Å². The van der Waals surface area contributed by atoms with Crippen molar-refractivity contribution >= 4 is 29.4 Å². The predicted octanol–water partition coefficient (Wildman–Crippen LogP) is 1.34. The molecule has 10 heteroatoms. The van der Waals surface area contributed by atoms with Crippen LogP contribution >= 0.6 is 0 Å². The summed E-state index contributed by atoms with van der Waals surface area (Å²) in [7, 11) is 0. The van der Waals surface area contributed by atoms with E-state index in [1.54, 1.807) is 18.2 Å². The Labute approximate surface area is 196 Å². The van der Waals surface area contributed by atoms with Gasteiger partial charge in [0.2, 0.25) is 0 Å². The van der Waals surface area contributed by atoms with Crippen molar-refractivity contribution < 1.29 is 28.7 Å². The van der Waals surface area contributed by atoms with Gasteiger partial charge in [-0.2, -0.15) is 0 Å². The third kappa shape index (κ3) is 4.67. The van der Waals surface area contributed by atoms with Gasteiger partial charge in [0.25, 0.3) is 0 Å². The molecular weight excluding hydrogens is 440 g/mol. The minimum absolute atomic E-state index is 0.171. The molecule has 0 radical (unpaired) electrons. The summed E-state index contributed by atoms with van der Waals surface area (Å²) in [5, 5.41) is 0.841. The van der Waals surface area contributed by atoms with Crippen LogP contribution in [-0.4, -0.2) is 73.2 Å². The first-order valence-electron chi connectivity index (χ1n) is 11.5. The molecule has 1 unspecified atom stereocenters. The number of fused-ring (bicyclic) bond motifs is 4. The molecule has 1 aromatic carbocycles. The van der Waals surface area contributed by atoms with Crippen molar-refractivity contribution in [2.24, 2.45) is 0 Å². The molecule has 3 aliphatic heterocycles. The Bertz CT molecular complexity index is 1080. The van der Waals surface area contributed by atoms with E-state index in [4.69, 9.17) is 14.3 Å². The lowest BCUT2D eigenvalue weighted by Crippen LogP contribution is -2.43. The van der Waals surface area contributed by atoms with Crippen LogP contribution in [0.4, 0.5) is 11.5 Å². The van der Waals surface area contributed by atoms with E-state index in [0.717, 1.165) is 56.4 Å². The molecule has 2 bridgehead atoms. The van der Waals surface area contributed by atoms with E-state index in [1.165, 1.54) is 0 Å². The van der Waals surface area contributed by atoms with Gasteiger partial charge in [-0.1, -0.05) is 6.07 Å². The Hall–Kier alpha value is -3.66. The van der Waals surface area contributed by atoms with Crippen LogP contribution in [-0.2, 0) is 30.4 Å². The second kappa shape index (κ2) is 9.68. The van der Waals surface area contributed by atoms with Gasteiger partial charge in [0.1, 0.15) is 11.6 Å². The van der Waals surface area contributed by atoms with E-state index >= 15 is 0 Å². The molecule has 0 N–H and O–H groups in total. The topological polar surface area (TPSA) is 102 Å². The fourth-order valence-corrected chi connectivity index (χ4v) is 4.48. The average molecular weight is 466 g/mol.